The lowest BCUT2D eigenvalue weighted by atomic mass is 10.9. The Kier molecular flexibility index (Phi) is 9.82. The van der Waals surface area contributed by atoms with Crippen molar-refractivity contribution in [2.45, 2.75) is 0 Å². The van der Waals surface area contributed by atoms with Crippen molar-refractivity contribution in [1.29, 1.82) is 0 Å². The summed E-state index contributed by atoms with van der Waals surface area (Å²) in [6.07, 6.45) is 2.21. The molecule has 4 heteroatoms. The molecule has 1 unspecified atom stereocenters. The highest BCUT2D eigenvalue weighted by molar-refractivity contribution is 8.01. The van der Waals surface area contributed by atoms with Crippen molar-refractivity contribution in [2.24, 2.45) is 0 Å². The Morgan fingerprint density at radius 2 is 2.09 bits per heavy atom. The van der Waals surface area contributed by atoms with Crippen LogP contribution in [-0.4, -0.2) is 46.9 Å². The van der Waals surface area contributed by atoms with E-state index >= 15 is 0 Å². The van der Waals surface area contributed by atoms with Crippen molar-refractivity contribution in [3.05, 3.63) is 0 Å². The number of hydrogen-bond donors (Lipinski definition) is 1. The molecule has 0 aliphatic rings. The van der Waals surface area contributed by atoms with Gasteiger partial charge >= 0.3 is 0 Å². The van der Waals surface area contributed by atoms with Crippen LogP contribution >= 0.6 is 23.4 Å². The third-order valence-electron chi connectivity index (χ3n) is 1.24. The van der Waals surface area contributed by atoms with Gasteiger partial charge in [-0.3, -0.25) is 0 Å². The molecule has 0 aromatic carbocycles. The molecule has 0 aliphatic heterocycles. The molecule has 0 spiro atoms. The van der Waals surface area contributed by atoms with Crippen LogP contribution in [0.3, 0.4) is 0 Å². The highest BCUT2D eigenvalue weighted by Crippen LogP contribution is 2.02. The van der Waals surface area contributed by atoms with Gasteiger partial charge in [0.25, 0.3) is 0 Å². The average Bonchev–Trinajstić information content (AvgIpc) is 1.99. The van der Waals surface area contributed by atoms with Crippen LogP contribution in [0, 0.1) is 0 Å². The zero-order valence-electron chi connectivity index (χ0n) is 6.88. The highest BCUT2D eigenvalue weighted by Gasteiger charge is 2.08. The van der Waals surface area contributed by atoms with Gasteiger partial charge < -0.3 is 5.11 Å². The van der Waals surface area contributed by atoms with Crippen LogP contribution in [0.2, 0.25) is 0 Å². The molecule has 0 aliphatic carbocycles. The van der Waals surface area contributed by atoms with Crippen LogP contribution in [0.4, 0.5) is 0 Å². The molecule has 0 aromatic heterocycles. The number of alkyl halides is 1. The second-order valence-electron chi connectivity index (χ2n) is 2.21. The summed E-state index contributed by atoms with van der Waals surface area (Å²) < 4.78 is 0. The monoisotopic (exact) mass is 215 g/mol. The maximum absolute atomic E-state index is 8.62. The fraction of sp³-hybridized carbons (Fsp3) is 1.00. The Labute approximate surface area is 81.2 Å². The van der Waals surface area contributed by atoms with E-state index in [1.807, 2.05) is 11.8 Å². The highest BCUT2D eigenvalue weighted by atomic mass is 35.5. The van der Waals surface area contributed by atoms with Crippen molar-refractivity contribution in [3.8, 4) is 0 Å². The van der Waals surface area contributed by atoms with E-state index in [-0.39, 0.29) is 0 Å². The molecule has 0 heterocycles. The molecule has 0 saturated heterocycles. The SMILES string of the molecule is C[S+](CCO)CCSCCCl. The van der Waals surface area contributed by atoms with Crippen molar-refractivity contribution >= 4 is 34.3 Å². The molecular weight excluding hydrogens is 200 g/mol. The predicted molar refractivity (Wildman–Crippen MR) is 58.2 cm³/mol. The Morgan fingerprint density at radius 1 is 1.36 bits per heavy atom. The molecule has 1 atom stereocenters. The van der Waals surface area contributed by atoms with E-state index in [1.54, 1.807) is 0 Å². The molecule has 68 valence electrons. The maximum Gasteiger partial charge on any atom is 0.130 e. The van der Waals surface area contributed by atoms with Crippen LogP contribution in [-0.2, 0) is 10.9 Å². The lowest BCUT2D eigenvalue weighted by molar-refractivity contribution is 0.322. The van der Waals surface area contributed by atoms with Gasteiger partial charge in [-0.1, -0.05) is 0 Å². The Morgan fingerprint density at radius 3 is 2.64 bits per heavy atom. The van der Waals surface area contributed by atoms with Crippen molar-refractivity contribution in [2.75, 3.05) is 41.8 Å². The number of halogens is 1. The molecule has 1 N–H and O–H groups in total. The molecule has 0 bridgehead atoms. The zero-order valence-corrected chi connectivity index (χ0v) is 9.27. The van der Waals surface area contributed by atoms with Crippen LogP contribution in [0.5, 0.6) is 0 Å². The fourth-order valence-electron chi connectivity index (χ4n) is 0.616. The van der Waals surface area contributed by atoms with E-state index < -0.39 is 0 Å². The van der Waals surface area contributed by atoms with Gasteiger partial charge in [0.05, 0.1) is 12.9 Å². The van der Waals surface area contributed by atoms with E-state index in [2.05, 4.69) is 6.26 Å². The van der Waals surface area contributed by atoms with Crippen molar-refractivity contribution in [1.82, 2.24) is 0 Å². The minimum Gasteiger partial charge on any atom is -0.391 e. The first kappa shape index (κ1) is 11.9. The molecule has 11 heavy (non-hydrogen) atoms. The van der Waals surface area contributed by atoms with Gasteiger partial charge in [0.15, 0.2) is 0 Å². The minimum absolute atomic E-state index is 0.333. The van der Waals surface area contributed by atoms with Gasteiger partial charge in [-0.05, 0) is 10.9 Å². The summed E-state index contributed by atoms with van der Waals surface area (Å²) in [5.41, 5.74) is 0. The summed E-state index contributed by atoms with van der Waals surface area (Å²) in [7, 11) is 0.413. The molecule has 0 saturated carbocycles. The molecule has 0 aromatic rings. The van der Waals surface area contributed by atoms with E-state index in [0.29, 0.717) is 17.5 Å². The molecule has 0 radical (unpaired) electrons. The van der Waals surface area contributed by atoms with Crippen LogP contribution in [0.1, 0.15) is 0 Å². The number of hydrogen-bond acceptors (Lipinski definition) is 2. The normalized spacial score (nSPS) is 13.4. The van der Waals surface area contributed by atoms with Crippen LogP contribution in [0.15, 0.2) is 0 Å². The van der Waals surface area contributed by atoms with E-state index in [0.717, 1.165) is 17.4 Å². The van der Waals surface area contributed by atoms with E-state index in [4.69, 9.17) is 16.7 Å². The second-order valence-corrected chi connectivity index (χ2v) is 6.20. The smallest absolute Gasteiger partial charge is 0.130 e. The fourth-order valence-corrected chi connectivity index (χ4v) is 3.38. The first-order valence-electron chi connectivity index (χ1n) is 3.65. The van der Waals surface area contributed by atoms with E-state index in [9.17, 15) is 0 Å². The van der Waals surface area contributed by atoms with Crippen LogP contribution < -0.4 is 0 Å². The predicted octanol–water partition coefficient (Wildman–Crippen LogP) is 1.20. The molecule has 0 fully saturated rings. The largest absolute Gasteiger partial charge is 0.391 e. The van der Waals surface area contributed by atoms with Gasteiger partial charge in [-0.25, -0.2) is 0 Å². The zero-order chi connectivity index (χ0) is 8.53. The molecular formula is C7H16ClOS2+. The first-order valence-corrected chi connectivity index (χ1v) is 7.31. The van der Waals surface area contributed by atoms with Crippen molar-refractivity contribution in [3.63, 3.8) is 0 Å². The maximum atomic E-state index is 8.62. The average molecular weight is 216 g/mol. The van der Waals surface area contributed by atoms with Crippen LogP contribution in [0.25, 0.3) is 0 Å². The quantitative estimate of drug-likeness (QED) is 0.391. The van der Waals surface area contributed by atoms with Crippen molar-refractivity contribution < 1.29 is 5.11 Å². The minimum atomic E-state index is 0.333. The van der Waals surface area contributed by atoms with Gasteiger partial charge in [-0.15, -0.1) is 11.6 Å². The number of aliphatic hydroxyl groups is 1. The summed E-state index contributed by atoms with van der Waals surface area (Å²) >= 11 is 7.42. The van der Waals surface area contributed by atoms with E-state index in [1.165, 1.54) is 11.5 Å². The van der Waals surface area contributed by atoms with Gasteiger partial charge in [-0.2, -0.15) is 11.8 Å². The summed E-state index contributed by atoms with van der Waals surface area (Å²) in [5.74, 6) is 5.18. The van der Waals surface area contributed by atoms with Gasteiger partial charge in [0.2, 0.25) is 0 Å². The number of aliphatic hydroxyl groups excluding tert-OH is 1. The lowest BCUT2D eigenvalue weighted by Crippen LogP contribution is -2.14. The Balaban J connectivity index is 2.97. The van der Waals surface area contributed by atoms with Gasteiger partial charge in [0.1, 0.15) is 11.5 Å². The molecule has 0 amide bonds. The van der Waals surface area contributed by atoms with Gasteiger partial charge in [0, 0.05) is 17.4 Å². The topological polar surface area (TPSA) is 20.2 Å². The summed E-state index contributed by atoms with van der Waals surface area (Å²) in [4.78, 5) is 0. The summed E-state index contributed by atoms with van der Waals surface area (Å²) in [5, 5.41) is 8.62. The number of rotatable bonds is 7. The number of thioether (sulfide) groups is 1. The lowest BCUT2D eigenvalue weighted by Gasteiger charge is -2.00. The first-order chi connectivity index (χ1) is 5.31. The Bertz CT molecular complexity index is 82.8. The summed E-state index contributed by atoms with van der Waals surface area (Å²) in [6.45, 7) is 0.333. The third-order valence-corrected chi connectivity index (χ3v) is 4.68. The second kappa shape index (κ2) is 9.04. The standard InChI is InChI=1S/C7H16ClOS2/c1-11(6-3-9)7-5-10-4-2-8/h9H,2-7H2,1H3/q+1. The molecule has 1 nitrogen and oxygen atoms in total. The molecule has 0 rings (SSSR count). The Hall–Kier alpha value is 0.950. The third kappa shape index (κ3) is 8.86. The summed E-state index contributed by atoms with van der Waals surface area (Å²) in [6, 6.07) is 0.